The van der Waals surface area contributed by atoms with Crippen molar-refractivity contribution < 1.29 is 0 Å². The quantitative estimate of drug-likeness (QED) is 0.150. The number of hydrogen-bond donors (Lipinski definition) is 0. The van der Waals surface area contributed by atoms with Crippen LogP contribution in [0.15, 0.2) is 303 Å². The van der Waals surface area contributed by atoms with Gasteiger partial charge in [-0.2, -0.15) is 0 Å². The van der Waals surface area contributed by atoms with E-state index in [1.807, 2.05) is 0 Å². The molecule has 0 fully saturated rings. The molecule has 2 nitrogen and oxygen atoms in total. The van der Waals surface area contributed by atoms with Crippen molar-refractivity contribution in [2.45, 2.75) is 10.8 Å². The average molecular weight is 967 g/mol. The lowest BCUT2D eigenvalue weighted by Gasteiger charge is -2.45. The summed E-state index contributed by atoms with van der Waals surface area (Å²) in [7, 11) is 0. The Morgan fingerprint density at radius 1 is 0.263 bits per heavy atom. The monoisotopic (exact) mass is 966 g/mol. The van der Waals surface area contributed by atoms with Crippen molar-refractivity contribution in [3.63, 3.8) is 0 Å². The highest BCUT2D eigenvalue weighted by Gasteiger charge is 2.52. The molecule has 15 rings (SSSR count). The molecular weight excluding hydrogens is 917 g/mol. The molecule has 0 atom stereocenters. The van der Waals surface area contributed by atoms with Crippen LogP contribution in [0.25, 0.3) is 44.5 Å². The van der Waals surface area contributed by atoms with E-state index in [0.29, 0.717) is 0 Å². The van der Waals surface area contributed by atoms with Gasteiger partial charge in [-0.15, -0.1) is 0 Å². The van der Waals surface area contributed by atoms with Gasteiger partial charge in [-0.25, -0.2) is 0 Å². The summed E-state index contributed by atoms with van der Waals surface area (Å²) in [5.41, 5.74) is 25.3. The van der Waals surface area contributed by atoms with Gasteiger partial charge in [-0.1, -0.05) is 249 Å². The second kappa shape index (κ2) is 17.4. The molecule has 0 N–H and O–H groups in total. The lowest BCUT2D eigenvalue weighted by Crippen LogP contribution is -2.36. The van der Waals surface area contributed by atoms with Crippen LogP contribution in [-0.4, -0.2) is 0 Å². The van der Waals surface area contributed by atoms with Gasteiger partial charge in [-0.05, 0) is 132 Å². The topological polar surface area (TPSA) is 6.48 Å². The summed E-state index contributed by atoms with van der Waals surface area (Å²) in [4.78, 5) is 5.04. The highest BCUT2D eigenvalue weighted by Crippen LogP contribution is 2.65. The zero-order valence-corrected chi connectivity index (χ0v) is 41.8. The summed E-state index contributed by atoms with van der Waals surface area (Å²) in [6, 6.07) is 113. The van der Waals surface area contributed by atoms with E-state index < -0.39 is 10.8 Å². The number of anilines is 6. The van der Waals surface area contributed by atoms with E-state index in [1.165, 1.54) is 89.3 Å². The molecule has 0 saturated heterocycles. The summed E-state index contributed by atoms with van der Waals surface area (Å²) in [6.07, 6.45) is 0. The fourth-order valence-electron chi connectivity index (χ4n) is 13.6. The Morgan fingerprint density at radius 2 is 0.724 bits per heavy atom. The molecule has 1 heterocycles. The third-order valence-corrected chi connectivity index (χ3v) is 16.5. The van der Waals surface area contributed by atoms with Crippen LogP contribution in [0.5, 0.6) is 0 Å². The van der Waals surface area contributed by atoms with Crippen molar-refractivity contribution >= 4 is 34.1 Å². The van der Waals surface area contributed by atoms with Gasteiger partial charge in [0.25, 0.3) is 0 Å². The lowest BCUT2D eigenvalue weighted by molar-refractivity contribution is 0.752. The molecule has 76 heavy (non-hydrogen) atoms. The molecule has 0 amide bonds. The molecule has 2 aliphatic carbocycles. The molecule has 0 unspecified atom stereocenters. The van der Waals surface area contributed by atoms with Crippen LogP contribution in [0.3, 0.4) is 0 Å². The van der Waals surface area contributed by atoms with Crippen LogP contribution in [0.4, 0.5) is 34.1 Å². The van der Waals surface area contributed by atoms with Crippen LogP contribution in [0, 0.1) is 0 Å². The first-order valence-corrected chi connectivity index (χ1v) is 26.4. The van der Waals surface area contributed by atoms with Crippen molar-refractivity contribution in [2.75, 3.05) is 9.80 Å². The number of hydrogen-bond acceptors (Lipinski definition) is 2. The largest absolute Gasteiger partial charge is 0.310 e. The van der Waals surface area contributed by atoms with E-state index in [0.717, 1.165) is 33.9 Å². The third-order valence-electron chi connectivity index (χ3n) is 16.5. The highest BCUT2D eigenvalue weighted by molar-refractivity contribution is 6.02. The first-order chi connectivity index (χ1) is 37.7. The normalized spacial score (nSPS) is 13.7. The first-order valence-electron chi connectivity index (χ1n) is 26.4. The molecule has 0 radical (unpaired) electrons. The van der Waals surface area contributed by atoms with Gasteiger partial charge in [0.05, 0.1) is 33.6 Å². The number of rotatable bonds is 8. The van der Waals surface area contributed by atoms with Crippen molar-refractivity contribution in [1.82, 2.24) is 0 Å². The Kier molecular flexibility index (Phi) is 10.0. The fraction of sp³-hybridized carbons (Fsp3) is 0.0270. The Hall–Kier alpha value is -9.76. The summed E-state index contributed by atoms with van der Waals surface area (Å²) >= 11 is 0. The van der Waals surface area contributed by atoms with E-state index in [4.69, 9.17) is 0 Å². The van der Waals surface area contributed by atoms with Gasteiger partial charge in [0.2, 0.25) is 0 Å². The van der Waals surface area contributed by atoms with E-state index in [2.05, 4.69) is 313 Å². The molecule has 2 heteroatoms. The molecule has 12 aromatic carbocycles. The maximum Gasteiger partial charge on any atom is 0.0755 e. The summed E-state index contributed by atoms with van der Waals surface area (Å²) in [5.74, 6) is 0. The molecule has 1 spiro atoms. The van der Waals surface area contributed by atoms with Gasteiger partial charge in [0, 0.05) is 22.5 Å². The number of para-hydroxylation sites is 4. The van der Waals surface area contributed by atoms with Crippen molar-refractivity contribution in [1.29, 1.82) is 0 Å². The zero-order valence-electron chi connectivity index (χ0n) is 41.8. The predicted octanol–water partition coefficient (Wildman–Crippen LogP) is 19.0. The standard InChI is InChI=1S/C74H50N2/c1-5-25-51(26-6-1)52-27-23-28-53(49-52)58-35-15-20-43-68(58)76(71-46-24-42-66-72(71)61-37-14-17-39-63(61)73(66,54-29-7-2-8-30-54)55-31-9-3-10-32-55)57-47-48-60-59-36-13-16-38-62(59)74(67(60)50-57)64-40-18-21-44-69(64)75(56-33-11-4-12-34-56)70-45-22-19-41-65(70)74/h1-50H. The van der Waals surface area contributed by atoms with Crippen LogP contribution in [-0.2, 0) is 10.8 Å². The maximum absolute atomic E-state index is 2.58. The van der Waals surface area contributed by atoms with Crippen molar-refractivity contribution in [2.24, 2.45) is 0 Å². The second-order valence-electron chi connectivity index (χ2n) is 20.3. The van der Waals surface area contributed by atoms with E-state index in [1.54, 1.807) is 0 Å². The molecule has 0 bridgehead atoms. The predicted molar refractivity (Wildman–Crippen MR) is 315 cm³/mol. The number of fused-ring (bicyclic) bond motifs is 12. The third kappa shape index (κ3) is 6.28. The molecule has 3 aliphatic rings. The Morgan fingerprint density at radius 3 is 1.39 bits per heavy atom. The number of nitrogens with zero attached hydrogens (tertiary/aromatic N) is 2. The minimum absolute atomic E-state index is 0.580. The molecular formula is C74H50N2. The van der Waals surface area contributed by atoms with Crippen LogP contribution < -0.4 is 9.80 Å². The van der Waals surface area contributed by atoms with Crippen molar-refractivity contribution in [3.8, 4) is 44.5 Å². The second-order valence-corrected chi connectivity index (χ2v) is 20.3. The van der Waals surface area contributed by atoms with Gasteiger partial charge in [0.1, 0.15) is 0 Å². The van der Waals surface area contributed by atoms with Crippen LogP contribution >= 0.6 is 0 Å². The van der Waals surface area contributed by atoms with Gasteiger partial charge < -0.3 is 9.80 Å². The zero-order chi connectivity index (χ0) is 50.2. The van der Waals surface area contributed by atoms with E-state index in [-0.39, 0.29) is 0 Å². The summed E-state index contributed by atoms with van der Waals surface area (Å²) < 4.78 is 0. The van der Waals surface area contributed by atoms with Gasteiger partial charge in [-0.3, -0.25) is 0 Å². The molecule has 356 valence electrons. The van der Waals surface area contributed by atoms with Crippen LogP contribution in [0.1, 0.15) is 44.5 Å². The Bertz CT molecular complexity index is 4090. The van der Waals surface area contributed by atoms with E-state index in [9.17, 15) is 0 Å². The fourth-order valence-corrected chi connectivity index (χ4v) is 13.6. The van der Waals surface area contributed by atoms with E-state index >= 15 is 0 Å². The highest BCUT2D eigenvalue weighted by atomic mass is 15.2. The lowest BCUT2D eigenvalue weighted by atomic mass is 9.64. The van der Waals surface area contributed by atoms with Gasteiger partial charge >= 0.3 is 0 Å². The minimum Gasteiger partial charge on any atom is -0.310 e. The Balaban J connectivity index is 1.04. The SMILES string of the molecule is c1ccc(-c2cccc(-c3ccccc3N(c3ccc4c(c3)C3(c5ccccc5-4)c4ccccc4N(c4ccccc4)c4ccccc43)c3cccc4c3-c3ccccc3C4(c3ccccc3)c3ccccc3)c2)cc1. The average Bonchev–Trinajstić information content (AvgIpc) is 4.06. The molecule has 1 aliphatic heterocycles. The molecule has 0 aromatic heterocycles. The summed E-state index contributed by atoms with van der Waals surface area (Å²) in [5, 5.41) is 0. The molecule has 12 aromatic rings. The van der Waals surface area contributed by atoms with Crippen molar-refractivity contribution in [3.05, 3.63) is 348 Å². The smallest absolute Gasteiger partial charge is 0.0755 e. The first kappa shape index (κ1) is 43.8. The number of benzene rings is 12. The van der Waals surface area contributed by atoms with Gasteiger partial charge in [0.15, 0.2) is 0 Å². The minimum atomic E-state index is -0.642. The maximum atomic E-state index is 2.58. The van der Waals surface area contributed by atoms with Crippen LogP contribution in [0.2, 0.25) is 0 Å². The Labute approximate surface area is 444 Å². The summed E-state index contributed by atoms with van der Waals surface area (Å²) in [6.45, 7) is 0. The molecule has 0 saturated carbocycles.